The molecular weight excluding hydrogens is 299 g/mol. The van der Waals surface area contributed by atoms with E-state index in [9.17, 15) is 13.2 Å². The first kappa shape index (κ1) is 12.1. The Hall–Kier alpha value is -1.37. The van der Waals surface area contributed by atoms with Crippen LogP contribution in [0.3, 0.4) is 0 Å². The summed E-state index contributed by atoms with van der Waals surface area (Å²) in [6, 6.07) is 1.76. The van der Waals surface area contributed by atoms with Crippen LogP contribution >= 0.6 is 15.9 Å². The van der Waals surface area contributed by atoms with Gasteiger partial charge in [0.1, 0.15) is 0 Å². The highest BCUT2D eigenvalue weighted by molar-refractivity contribution is 9.10. The minimum Gasteiger partial charge on any atom is -0.236 e. The zero-order valence-electron chi connectivity index (χ0n) is 8.66. The summed E-state index contributed by atoms with van der Waals surface area (Å²) in [4.78, 5) is 4.03. The maximum Gasteiger partial charge on any atom is 0.419 e. The smallest absolute Gasteiger partial charge is 0.236 e. The van der Waals surface area contributed by atoms with Crippen molar-refractivity contribution >= 4 is 15.9 Å². The Morgan fingerprint density at radius 3 is 2.53 bits per heavy atom. The number of aromatic nitrogens is 3. The second-order valence-corrected chi connectivity index (χ2v) is 4.34. The zero-order valence-corrected chi connectivity index (χ0v) is 10.2. The van der Waals surface area contributed by atoms with Gasteiger partial charge in [-0.25, -0.2) is 9.67 Å². The predicted molar refractivity (Wildman–Crippen MR) is 58.8 cm³/mol. The SMILES string of the molecule is Cc1cnc(-n2cc(C(F)(F)F)cn2)c(Br)c1. The minimum atomic E-state index is -4.39. The molecule has 0 spiro atoms. The lowest BCUT2D eigenvalue weighted by atomic mass is 10.3. The average molecular weight is 306 g/mol. The number of alkyl halides is 3. The number of rotatable bonds is 1. The van der Waals surface area contributed by atoms with Gasteiger partial charge in [-0.05, 0) is 34.5 Å². The molecule has 0 aliphatic rings. The standard InChI is InChI=1S/C10H7BrF3N3/c1-6-2-8(11)9(15-3-6)17-5-7(4-16-17)10(12,13)14/h2-5H,1H3. The van der Waals surface area contributed by atoms with Gasteiger partial charge in [-0.3, -0.25) is 0 Å². The maximum absolute atomic E-state index is 12.4. The van der Waals surface area contributed by atoms with Crippen LogP contribution in [-0.4, -0.2) is 14.8 Å². The minimum absolute atomic E-state index is 0.325. The van der Waals surface area contributed by atoms with Crippen LogP contribution in [0, 0.1) is 6.92 Å². The third kappa shape index (κ3) is 2.49. The maximum atomic E-state index is 12.4. The summed E-state index contributed by atoms with van der Waals surface area (Å²) in [7, 11) is 0. The fraction of sp³-hybridized carbons (Fsp3) is 0.200. The van der Waals surface area contributed by atoms with Crippen molar-refractivity contribution in [3.8, 4) is 5.82 Å². The highest BCUT2D eigenvalue weighted by Crippen LogP contribution is 2.29. The molecule has 0 amide bonds. The molecule has 0 saturated heterocycles. The first-order valence-corrected chi connectivity index (χ1v) is 5.41. The Labute approximate surface area is 103 Å². The predicted octanol–water partition coefficient (Wildman–Crippen LogP) is 3.36. The fourth-order valence-corrected chi connectivity index (χ4v) is 1.93. The summed E-state index contributed by atoms with van der Waals surface area (Å²) < 4.78 is 38.9. The van der Waals surface area contributed by atoms with Crippen LogP contribution in [0.4, 0.5) is 13.2 Å². The Kier molecular flexibility index (Phi) is 2.94. The molecule has 90 valence electrons. The Morgan fingerprint density at radius 1 is 1.29 bits per heavy atom. The Balaban J connectivity index is 2.44. The summed E-state index contributed by atoms with van der Waals surface area (Å²) in [5.41, 5.74) is 0.107. The molecule has 2 heterocycles. The molecule has 0 N–H and O–H groups in total. The van der Waals surface area contributed by atoms with Crippen molar-refractivity contribution in [3.63, 3.8) is 0 Å². The van der Waals surface area contributed by atoms with E-state index < -0.39 is 11.7 Å². The molecule has 0 fully saturated rings. The molecule has 17 heavy (non-hydrogen) atoms. The fourth-order valence-electron chi connectivity index (χ4n) is 1.28. The molecule has 0 saturated carbocycles. The lowest BCUT2D eigenvalue weighted by molar-refractivity contribution is -0.137. The van der Waals surface area contributed by atoms with E-state index in [1.807, 2.05) is 6.92 Å². The van der Waals surface area contributed by atoms with Gasteiger partial charge in [0.2, 0.25) is 0 Å². The van der Waals surface area contributed by atoms with Crippen molar-refractivity contribution in [1.82, 2.24) is 14.8 Å². The summed E-state index contributed by atoms with van der Waals surface area (Å²) in [6.07, 6.45) is -1.15. The van der Waals surface area contributed by atoms with Crippen LogP contribution < -0.4 is 0 Å². The molecule has 0 unspecified atom stereocenters. The first-order chi connectivity index (χ1) is 7.88. The molecule has 7 heteroatoms. The molecule has 2 rings (SSSR count). The van der Waals surface area contributed by atoms with Crippen LogP contribution in [-0.2, 0) is 6.18 Å². The Morgan fingerprint density at radius 2 is 2.00 bits per heavy atom. The monoisotopic (exact) mass is 305 g/mol. The largest absolute Gasteiger partial charge is 0.419 e. The summed E-state index contributed by atoms with van der Waals surface area (Å²) >= 11 is 3.24. The van der Waals surface area contributed by atoms with Gasteiger partial charge in [-0.2, -0.15) is 18.3 Å². The van der Waals surface area contributed by atoms with E-state index in [1.54, 1.807) is 12.3 Å². The third-order valence-electron chi connectivity index (χ3n) is 2.09. The van der Waals surface area contributed by atoms with E-state index in [0.29, 0.717) is 10.3 Å². The van der Waals surface area contributed by atoms with Crippen LogP contribution in [0.5, 0.6) is 0 Å². The third-order valence-corrected chi connectivity index (χ3v) is 2.67. The molecular formula is C10H7BrF3N3. The van der Waals surface area contributed by atoms with E-state index >= 15 is 0 Å². The number of hydrogen-bond donors (Lipinski definition) is 0. The van der Waals surface area contributed by atoms with Gasteiger partial charge in [-0.1, -0.05) is 0 Å². The molecule has 0 bridgehead atoms. The molecule has 0 aliphatic heterocycles. The number of pyridine rings is 1. The lowest BCUT2D eigenvalue weighted by Gasteiger charge is -2.04. The van der Waals surface area contributed by atoms with Gasteiger partial charge in [0.15, 0.2) is 5.82 Å². The van der Waals surface area contributed by atoms with E-state index in [1.165, 1.54) is 0 Å². The van der Waals surface area contributed by atoms with Crippen LogP contribution in [0.25, 0.3) is 5.82 Å². The molecule has 2 aromatic heterocycles. The number of hydrogen-bond acceptors (Lipinski definition) is 2. The van der Waals surface area contributed by atoms with Gasteiger partial charge < -0.3 is 0 Å². The number of nitrogens with zero attached hydrogens (tertiary/aromatic N) is 3. The molecule has 3 nitrogen and oxygen atoms in total. The van der Waals surface area contributed by atoms with Crippen LogP contribution in [0.2, 0.25) is 0 Å². The van der Waals surface area contributed by atoms with Crippen molar-refractivity contribution < 1.29 is 13.2 Å². The van der Waals surface area contributed by atoms with Crippen molar-refractivity contribution in [3.05, 3.63) is 40.3 Å². The summed E-state index contributed by atoms with van der Waals surface area (Å²) in [5.74, 6) is 0.325. The topological polar surface area (TPSA) is 30.7 Å². The van der Waals surface area contributed by atoms with E-state index in [0.717, 1.165) is 22.6 Å². The molecule has 2 aromatic rings. The van der Waals surface area contributed by atoms with E-state index in [-0.39, 0.29) is 0 Å². The molecule has 0 aromatic carbocycles. The molecule has 0 atom stereocenters. The summed E-state index contributed by atoms with van der Waals surface area (Å²) in [6.45, 7) is 1.84. The highest BCUT2D eigenvalue weighted by atomic mass is 79.9. The van der Waals surface area contributed by atoms with Gasteiger partial charge >= 0.3 is 6.18 Å². The van der Waals surface area contributed by atoms with Crippen molar-refractivity contribution in [2.75, 3.05) is 0 Å². The quantitative estimate of drug-likeness (QED) is 0.809. The zero-order chi connectivity index (χ0) is 12.6. The van der Waals surface area contributed by atoms with E-state index in [4.69, 9.17) is 0 Å². The van der Waals surface area contributed by atoms with Gasteiger partial charge in [0, 0.05) is 12.4 Å². The lowest BCUT2D eigenvalue weighted by Crippen LogP contribution is -2.03. The van der Waals surface area contributed by atoms with Crippen LogP contribution in [0.1, 0.15) is 11.1 Å². The molecule has 0 radical (unpaired) electrons. The molecule has 0 aliphatic carbocycles. The second kappa shape index (κ2) is 4.14. The first-order valence-electron chi connectivity index (χ1n) is 4.62. The van der Waals surface area contributed by atoms with Crippen molar-refractivity contribution in [2.45, 2.75) is 13.1 Å². The van der Waals surface area contributed by atoms with Crippen LogP contribution in [0.15, 0.2) is 29.1 Å². The second-order valence-electron chi connectivity index (χ2n) is 3.49. The normalized spacial score (nSPS) is 11.8. The average Bonchev–Trinajstić information content (AvgIpc) is 2.65. The van der Waals surface area contributed by atoms with Crippen molar-refractivity contribution in [2.24, 2.45) is 0 Å². The highest BCUT2D eigenvalue weighted by Gasteiger charge is 2.32. The number of halogens is 4. The van der Waals surface area contributed by atoms with Gasteiger partial charge in [0.05, 0.1) is 16.2 Å². The number of aryl methyl sites for hydroxylation is 1. The van der Waals surface area contributed by atoms with E-state index in [2.05, 4.69) is 26.0 Å². The Bertz CT molecular complexity index is 548. The van der Waals surface area contributed by atoms with Gasteiger partial charge in [0.25, 0.3) is 0 Å². The van der Waals surface area contributed by atoms with Crippen molar-refractivity contribution in [1.29, 1.82) is 0 Å². The van der Waals surface area contributed by atoms with Gasteiger partial charge in [-0.15, -0.1) is 0 Å². The summed E-state index contributed by atoms with van der Waals surface area (Å²) in [5, 5.41) is 3.65.